The second-order valence-corrected chi connectivity index (χ2v) is 8.00. The zero-order valence-electron chi connectivity index (χ0n) is 14.0. The minimum absolute atomic E-state index is 0.166. The topological polar surface area (TPSA) is 59.2 Å². The average Bonchev–Trinajstić information content (AvgIpc) is 3.39. The van der Waals surface area contributed by atoms with Crippen LogP contribution in [0.2, 0.25) is 0 Å². The van der Waals surface area contributed by atoms with Crippen LogP contribution in [-0.2, 0) is 17.6 Å². The molecule has 0 bridgehead atoms. The molecular formula is C18H19N3O2S2. The van der Waals surface area contributed by atoms with Crippen molar-refractivity contribution in [3.8, 4) is 10.7 Å². The van der Waals surface area contributed by atoms with E-state index in [9.17, 15) is 4.79 Å². The summed E-state index contributed by atoms with van der Waals surface area (Å²) in [6.07, 6.45) is 2.79. The lowest BCUT2D eigenvalue weighted by molar-refractivity contribution is -0.134. The van der Waals surface area contributed by atoms with E-state index < -0.39 is 0 Å². The van der Waals surface area contributed by atoms with Crippen molar-refractivity contribution in [2.75, 3.05) is 6.54 Å². The van der Waals surface area contributed by atoms with Gasteiger partial charge in [0.1, 0.15) is 0 Å². The van der Waals surface area contributed by atoms with E-state index in [2.05, 4.69) is 28.5 Å². The molecule has 0 spiro atoms. The maximum absolute atomic E-state index is 12.7. The number of rotatable bonds is 5. The molecule has 0 fully saturated rings. The van der Waals surface area contributed by atoms with Crippen LogP contribution >= 0.6 is 22.7 Å². The first kappa shape index (κ1) is 16.5. The summed E-state index contributed by atoms with van der Waals surface area (Å²) in [5, 5.41) is 8.12. The maximum atomic E-state index is 12.7. The number of carbonyl (C=O) groups is 1. The van der Waals surface area contributed by atoms with Gasteiger partial charge >= 0.3 is 0 Å². The van der Waals surface area contributed by atoms with Gasteiger partial charge in [0, 0.05) is 24.3 Å². The first-order valence-corrected chi connectivity index (χ1v) is 10.2. The van der Waals surface area contributed by atoms with Crippen molar-refractivity contribution in [1.29, 1.82) is 0 Å². The van der Waals surface area contributed by atoms with Gasteiger partial charge in [0.25, 0.3) is 0 Å². The third kappa shape index (κ3) is 3.26. The summed E-state index contributed by atoms with van der Waals surface area (Å²) < 4.78 is 5.30. The Labute approximate surface area is 154 Å². The molecule has 0 N–H and O–H groups in total. The van der Waals surface area contributed by atoms with Gasteiger partial charge in [-0.05, 0) is 41.3 Å². The van der Waals surface area contributed by atoms with Crippen molar-refractivity contribution in [3.05, 3.63) is 45.3 Å². The second kappa shape index (κ2) is 7.09. The van der Waals surface area contributed by atoms with E-state index in [0.29, 0.717) is 24.6 Å². The molecule has 0 saturated carbocycles. The number of aryl methyl sites for hydroxylation is 1. The quantitative estimate of drug-likeness (QED) is 0.668. The fourth-order valence-electron chi connectivity index (χ4n) is 3.35. The monoisotopic (exact) mass is 373 g/mol. The van der Waals surface area contributed by atoms with Crippen LogP contribution in [0.15, 0.2) is 33.5 Å². The van der Waals surface area contributed by atoms with Gasteiger partial charge in [0.2, 0.25) is 17.6 Å². The number of amides is 1. The molecule has 25 heavy (non-hydrogen) atoms. The SMILES string of the molecule is CCC1c2ccsc2CCN1C(=O)CCc1nc(-c2cccs2)no1. The van der Waals surface area contributed by atoms with E-state index in [4.69, 9.17) is 4.52 Å². The Morgan fingerprint density at radius 2 is 2.28 bits per heavy atom. The van der Waals surface area contributed by atoms with Crippen LogP contribution in [0.25, 0.3) is 10.7 Å². The molecule has 130 valence electrons. The largest absolute Gasteiger partial charge is 0.339 e. The Morgan fingerprint density at radius 3 is 3.08 bits per heavy atom. The number of thiophene rings is 2. The highest BCUT2D eigenvalue weighted by Gasteiger charge is 2.30. The molecule has 1 aliphatic rings. The van der Waals surface area contributed by atoms with Gasteiger partial charge < -0.3 is 9.42 Å². The predicted octanol–water partition coefficient (Wildman–Crippen LogP) is 4.33. The molecule has 7 heteroatoms. The van der Waals surface area contributed by atoms with E-state index in [0.717, 1.165) is 24.3 Å². The van der Waals surface area contributed by atoms with Crippen LogP contribution in [0, 0.1) is 0 Å². The first-order valence-electron chi connectivity index (χ1n) is 8.48. The van der Waals surface area contributed by atoms with Gasteiger partial charge in [-0.1, -0.05) is 18.1 Å². The van der Waals surface area contributed by atoms with E-state index in [1.54, 1.807) is 22.7 Å². The molecule has 0 saturated heterocycles. The Kier molecular flexibility index (Phi) is 4.67. The van der Waals surface area contributed by atoms with Crippen molar-refractivity contribution in [2.24, 2.45) is 0 Å². The van der Waals surface area contributed by atoms with Gasteiger partial charge in [-0.15, -0.1) is 22.7 Å². The third-order valence-electron chi connectivity index (χ3n) is 4.56. The number of carbonyl (C=O) groups excluding carboxylic acids is 1. The van der Waals surface area contributed by atoms with Gasteiger partial charge in [-0.2, -0.15) is 4.98 Å². The van der Waals surface area contributed by atoms with E-state index in [-0.39, 0.29) is 11.9 Å². The molecule has 4 heterocycles. The molecular weight excluding hydrogens is 354 g/mol. The number of fused-ring (bicyclic) bond motifs is 1. The fourth-order valence-corrected chi connectivity index (χ4v) is 4.93. The number of aromatic nitrogens is 2. The minimum atomic E-state index is 0.166. The Balaban J connectivity index is 1.41. The van der Waals surface area contributed by atoms with Crippen LogP contribution in [-0.4, -0.2) is 27.5 Å². The van der Waals surface area contributed by atoms with Crippen molar-refractivity contribution in [3.63, 3.8) is 0 Å². The molecule has 5 nitrogen and oxygen atoms in total. The lowest BCUT2D eigenvalue weighted by atomic mass is 9.97. The predicted molar refractivity (Wildman–Crippen MR) is 98.7 cm³/mol. The van der Waals surface area contributed by atoms with E-state index >= 15 is 0 Å². The van der Waals surface area contributed by atoms with Crippen LogP contribution in [0.1, 0.15) is 42.1 Å². The molecule has 1 aliphatic heterocycles. The highest BCUT2D eigenvalue weighted by Crippen LogP contribution is 2.35. The van der Waals surface area contributed by atoms with Crippen molar-refractivity contribution in [1.82, 2.24) is 15.0 Å². The Bertz CT molecular complexity index is 853. The van der Waals surface area contributed by atoms with Crippen LogP contribution in [0.3, 0.4) is 0 Å². The van der Waals surface area contributed by atoms with Crippen LogP contribution in [0.5, 0.6) is 0 Å². The summed E-state index contributed by atoms with van der Waals surface area (Å²) in [6, 6.07) is 6.29. The molecule has 0 aromatic carbocycles. The summed E-state index contributed by atoms with van der Waals surface area (Å²) in [6.45, 7) is 2.94. The van der Waals surface area contributed by atoms with Gasteiger partial charge in [-0.3, -0.25) is 4.79 Å². The minimum Gasteiger partial charge on any atom is -0.339 e. The summed E-state index contributed by atoms with van der Waals surface area (Å²) >= 11 is 3.37. The molecule has 4 rings (SSSR count). The summed E-state index contributed by atoms with van der Waals surface area (Å²) in [4.78, 5) is 21.6. The molecule has 1 amide bonds. The van der Waals surface area contributed by atoms with Crippen LogP contribution in [0.4, 0.5) is 0 Å². The lowest BCUT2D eigenvalue weighted by Gasteiger charge is -2.35. The molecule has 1 unspecified atom stereocenters. The normalized spacial score (nSPS) is 16.8. The molecule has 3 aromatic rings. The maximum Gasteiger partial charge on any atom is 0.227 e. The summed E-state index contributed by atoms with van der Waals surface area (Å²) in [7, 11) is 0. The standard InChI is InChI=1S/C18H19N3O2S2/c1-2-13-12-8-11-25-14(12)7-9-21(13)17(22)6-5-16-19-18(20-23-16)15-4-3-10-24-15/h3-4,8,10-11,13H,2,5-7,9H2,1H3. The van der Waals surface area contributed by atoms with Gasteiger partial charge in [-0.25, -0.2) is 0 Å². The van der Waals surface area contributed by atoms with Crippen molar-refractivity contribution >= 4 is 28.6 Å². The highest BCUT2D eigenvalue weighted by molar-refractivity contribution is 7.13. The summed E-state index contributed by atoms with van der Waals surface area (Å²) in [5.41, 5.74) is 1.32. The lowest BCUT2D eigenvalue weighted by Crippen LogP contribution is -2.39. The zero-order valence-corrected chi connectivity index (χ0v) is 15.6. The third-order valence-corrected chi connectivity index (χ3v) is 6.43. The smallest absolute Gasteiger partial charge is 0.227 e. The average molecular weight is 374 g/mol. The van der Waals surface area contributed by atoms with E-state index in [1.165, 1.54) is 10.4 Å². The van der Waals surface area contributed by atoms with Gasteiger partial charge in [0.15, 0.2) is 0 Å². The van der Waals surface area contributed by atoms with E-state index in [1.807, 2.05) is 22.4 Å². The molecule has 3 aromatic heterocycles. The zero-order chi connectivity index (χ0) is 17.2. The van der Waals surface area contributed by atoms with Gasteiger partial charge in [0.05, 0.1) is 10.9 Å². The second-order valence-electron chi connectivity index (χ2n) is 6.05. The Hall–Kier alpha value is -1.99. The number of nitrogens with zero attached hydrogens (tertiary/aromatic N) is 3. The fraction of sp³-hybridized carbons (Fsp3) is 0.389. The Morgan fingerprint density at radius 1 is 1.36 bits per heavy atom. The summed E-state index contributed by atoms with van der Waals surface area (Å²) in [5.74, 6) is 1.29. The number of hydrogen-bond donors (Lipinski definition) is 0. The first-order chi connectivity index (χ1) is 12.3. The molecule has 0 aliphatic carbocycles. The number of hydrogen-bond acceptors (Lipinski definition) is 6. The van der Waals surface area contributed by atoms with Crippen molar-refractivity contribution in [2.45, 2.75) is 38.6 Å². The molecule has 1 atom stereocenters. The van der Waals surface area contributed by atoms with Crippen molar-refractivity contribution < 1.29 is 9.32 Å². The molecule has 0 radical (unpaired) electrons. The van der Waals surface area contributed by atoms with Crippen LogP contribution < -0.4 is 0 Å². The highest BCUT2D eigenvalue weighted by atomic mass is 32.1.